The largest absolute Gasteiger partial charge is 0.378 e. The standard InChI is InChI=1S/C19H24N2O2S.ClH/c1-14-7-10-24-19(14)17(11-15-5-3-2-4-6-15)21-18(22)12-16-13-23-9-8-20-16;/h2-7,10,16-17,20H,8-9,11-13H2,1H3,(H,21,22);1H. The number of morpholine rings is 1. The highest BCUT2D eigenvalue weighted by molar-refractivity contribution is 7.10. The van der Waals surface area contributed by atoms with Crippen LogP contribution in [0.5, 0.6) is 0 Å². The number of carbonyl (C=O) groups is 1. The van der Waals surface area contributed by atoms with E-state index in [1.54, 1.807) is 11.3 Å². The van der Waals surface area contributed by atoms with Crippen LogP contribution < -0.4 is 10.6 Å². The van der Waals surface area contributed by atoms with Gasteiger partial charge in [0.15, 0.2) is 0 Å². The molecule has 4 nitrogen and oxygen atoms in total. The zero-order valence-electron chi connectivity index (χ0n) is 14.4. The Morgan fingerprint density at radius 2 is 2.16 bits per heavy atom. The number of carbonyl (C=O) groups excluding carboxylic acids is 1. The van der Waals surface area contributed by atoms with E-state index in [9.17, 15) is 4.79 Å². The highest BCUT2D eigenvalue weighted by Crippen LogP contribution is 2.27. The molecular weight excluding hydrogens is 356 g/mol. The van der Waals surface area contributed by atoms with E-state index in [0.717, 1.165) is 19.6 Å². The second-order valence-corrected chi connectivity index (χ2v) is 7.16. The average molecular weight is 381 g/mol. The van der Waals surface area contributed by atoms with Gasteiger partial charge in [-0.1, -0.05) is 30.3 Å². The fourth-order valence-electron chi connectivity index (χ4n) is 3.03. The Kier molecular flexibility index (Phi) is 7.90. The maximum atomic E-state index is 12.5. The summed E-state index contributed by atoms with van der Waals surface area (Å²) in [6.45, 7) is 4.25. The molecule has 1 aromatic heterocycles. The number of ether oxygens (including phenoxy) is 1. The first-order valence-corrected chi connectivity index (χ1v) is 9.29. The lowest BCUT2D eigenvalue weighted by Gasteiger charge is -2.25. The van der Waals surface area contributed by atoms with Gasteiger partial charge >= 0.3 is 0 Å². The second-order valence-electron chi connectivity index (χ2n) is 6.21. The molecule has 6 heteroatoms. The molecule has 2 N–H and O–H groups in total. The molecule has 0 radical (unpaired) electrons. The molecule has 1 aliphatic rings. The summed E-state index contributed by atoms with van der Waals surface area (Å²) in [5.74, 6) is 0.0757. The first-order chi connectivity index (χ1) is 11.7. The minimum absolute atomic E-state index is 0. The van der Waals surface area contributed by atoms with Gasteiger partial charge in [-0.2, -0.15) is 0 Å². The Bertz CT molecular complexity index is 656. The first-order valence-electron chi connectivity index (χ1n) is 8.41. The summed E-state index contributed by atoms with van der Waals surface area (Å²) >= 11 is 1.71. The Hall–Kier alpha value is -1.40. The molecule has 136 valence electrons. The summed E-state index contributed by atoms with van der Waals surface area (Å²) in [5.41, 5.74) is 2.47. The Balaban J connectivity index is 0.00000225. The fourth-order valence-corrected chi connectivity index (χ4v) is 4.01. The number of halogens is 1. The van der Waals surface area contributed by atoms with Crippen molar-refractivity contribution in [2.75, 3.05) is 19.8 Å². The van der Waals surface area contributed by atoms with Gasteiger partial charge in [-0.25, -0.2) is 0 Å². The predicted octanol–water partition coefficient (Wildman–Crippen LogP) is 3.26. The molecule has 2 aromatic rings. The quantitative estimate of drug-likeness (QED) is 0.808. The van der Waals surface area contributed by atoms with Gasteiger partial charge in [-0.15, -0.1) is 23.7 Å². The third kappa shape index (κ3) is 5.82. The van der Waals surface area contributed by atoms with Gasteiger partial charge in [0.2, 0.25) is 5.91 Å². The van der Waals surface area contributed by atoms with Crippen LogP contribution in [-0.4, -0.2) is 31.7 Å². The second kappa shape index (κ2) is 9.92. The lowest BCUT2D eigenvalue weighted by molar-refractivity contribution is -0.123. The molecule has 2 heterocycles. The van der Waals surface area contributed by atoms with Gasteiger partial charge in [-0.05, 0) is 35.9 Å². The number of nitrogens with one attached hydrogen (secondary N) is 2. The van der Waals surface area contributed by atoms with Crippen molar-refractivity contribution in [1.82, 2.24) is 10.6 Å². The van der Waals surface area contributed by atoms with Crippen molar-refractivity contribution in [1.29, 1.82) is 0 Å². The van der Waals surface area contributed by atoms with E-state index in [1.807, 2.05) is 18.2 Å². The van der Waals surface area contributed by atoms with Gasteiger partial charge in [0, 0.05) is 23.9 Å². The smallest absolute Gasteiger partial charge is 0.222 e. The summed E-state index contributed by atoms with van der Waals surface area (Å²) in [4.78, 5) is 13.8. The number of thiophene rings is 1. The van der Waals surface area contributed by atoms with Crippen LogP contribution in [0.15, 0.2) is 41.8 Å². The van der Waals surface area contributed by atoms with Crippen LogP contribution in [0.25, 0.3) is 0 Å². The molecule has 0 aliphatic carbocycles. The monoisotopic (exact) mass is 380 g/mol. The van der Waals surface area contributed by atoms with Crippen molar-refractivity contribution in [3.05, 3.63) is 57.8 Å². The van der Waals surface area contributed by atoms with Crippen molar-refractivity contribution in [3.63, 3.8) is 0 Å². The average Bonchev–Trinajstić information content (AvgIpc) is 3.02. The fraction of sp³-hybridized carbons (Fsp3) is 0.421. The zero-order valence-corrected chi connectivity index (χ0v) is 16.0. The highest BCUT2D eigenvalue weighted by atomic mass is 35.5. The highest BCUT2D eigenvalue weighted by Gasteiger charge is 2.22. The molecule has 2 unspecified atom stereocenters. The van der Waals surface area contributed by atoms with Crippen molar-refractivity contribution >= 4 is 29.7 Å². The number of benzene rings is 1. The Labute approximate surface area is 159 Å². The summed E-state index contributed by atoms with van der Waals surface area (Å²) < 4.78 is 5.43. The molecule has 1 saturated heterocycles. The normalized spacial score (nSPS) is 18.2. The molecule has 25 heavy (non-hydrogen) atoms. The van der Waals surface area contributed by atoms with Crippen LogP contribution >= 0.6 is 23.7 Å². The maximum Gasteiger partial charge on any atom is 0.222 e. The van der Waals surface area contributed by atoms with E-state index in [-0.39, 0.29) is 30.4 Å². The molecule has 0 bridgehead atoms. The zero-order chi connectivity index (χ0) is 16.8. The lowest BCUT2D eigenvalue weighted by atomic mass is 10.0. The van der Waals surface area contributed by atoms with E-state index < -0.39 is 0 Å². The molecule has 0 saturated carbocycles. The minimum Gasteiger partial charge on any atom is -0.378 e. The number of hydrogen-bond acceptors (Lipinski definition) is 4. The molecule has 1 fully saturated rings. The molecule has 1 aliphatic heterocycles. The van der Waals surface area contributed by atoms with Crippen LogP contribution in [-0.2, 0) is 16.0 Å². The topological polar surface area (TPSA) is 50.4 Å². The van der Waals surface area contributed by atoms with E-state index in [0.29, 0.717) is 13.0 Å². The van der Waals surface area contributed by atoms with Gasteiger partial charge in [0.05, 0.1) is 19.3 Å². The Morgan fingerprint density at radius 1 is 1.36 bits per heavy atom. The lowest BCUT2D eigenvalue weighted by Crippen LogP contribution is -2.44. The van der Waals surface area contributed by atoms with Crippen LogP contribution in [0.4, 0.5) is 0 Å². The summed E-state index contributed by atoms with van der Waals surface area (Å²) in [5, 5.41) is 8.66. The van der Waals surface area contributed by atoms with Crippen molar-refractivity contribution < 1.29 is 9.53 Å². The van der Waals surface area contributed by atoms with Crippen molar-refractivity contribution in [2.24, 2.45) is 0 Å². The summed E-state index contributed by atoms with van der Waals surface area (Å²) in [6.07, 6.45) is 1.26. The molecule has 3 rings (SSSR count). The molecular formula is C19H25ClN2O2S. The van der Waals surface area contributed by atoms with E-state index >= 15 is 0 Å². The van der Waals surface area contributed by atoms with Gasteiger partial charge < -0.3 is 15.4 Å². The van der Waals surface area contributed by atoms with E-state index in [2.05, 4.69) is 41.1 Å². The number of hydrogen-bond donors (Lipinski definition) is 2. The van der Waals surface area contributed by atoms with Crippen LogP contribution in [0.2, 0.25) is 0 Å². The maximum absolute atomic E-state index is 12.5. The molecule has 1 amide bonds. The number of rotatable bonds is 6. The molecule has 2 atom stereocenters. The van der Waals surface area contributed by atoms with Crippen molar-refractivity contribution in [2.45, 2.75) is 31.8 Å². The third-order valence-corrected chi connectivity index (χ3v) is 5.40. The third-order valence-electron chi connectivity index (χ3n) is 4.27. The minimum atomic E-state index is 0. The van der Waals surface area contributed by atoms with Gasteiger partial charge in [0.1, 0.15) is 0 Å². The van der Waals surface area contributed by atoms with Gasteiger partial charge in [-0.3, -0.25) is 4.79 Å². The SMILES string of the molecule is Cc1ccsc1C(Cc1ccccc1)NC(=O)CC1COCCN1.Cl. The predicted molar refractivity (Wildman–Crippen MR) is 105 cm³/mol. The van der Waals surface area contributed by atoms with Crippen LogP contribution in [0.1, 0.15) is 28.5 Å². The number of aryl methyl sites for hydroxylation is 1. The van der Waals surface area contributed by atoms with E-state index in [4.69, 9.17) is 4.74 Å². The Morgan fingerprint density at radius 3 is 2.80 bits per heavy atom. The van der Waals surface area contributed by atoms with E-state index in [1.165, 1.54) is 16.0 Å². The first kappa shape index (κ1) is 19.9. The summed E-state index contributed by atoms with van der Waals surface area (Å²) in [7, 11) is 0. The summed E-state index contributed by atoms with van der Waals surface area (Å²) in [6, 6.07) is 12.6. The van der Waals surface area contributed by atoms with Crippen LogP contribution in [0, 0.1) is 6.92 Å². The van der Waals surface area contributed by atoms with Crippen LogP contribution in [0.3, 0.4) is 0 Å². The molecule has 0 spiro atoms. The van der Waals surface area contributed by atoms with Crippen molar-refractivity contribution in [3.8, 4) is 0 Å². The molecule has 1 aromatic carbocycles. The van der Waals surface area contributed by atoms with Gasteiger partial charge in [0.25, 0.3) is 0 Å². The number of amides is 1.